The Morgan fingerprint density at radius 3 is 2.34 bits per heavy atom. The van der Waals surface area contributed by atoms with E-state index in [2.05, 4.69) is 13.8 Å². The summed E-state index contributed by atoms with van der Waals surface area (Å²) in [6, 6.07) is 20.6. The number of hydrogen-bond acceptors (Lipinski definition) is 5. The van der Waals surface area contributed by atoms with Crippen molar-refractivity contribution in [1.82, 2.24) is 0 Å². The van der Waals surface area contributed by atoms with Crippen molar-refractivity contribution in [3.8, 4) is 11.5 Å². The van der Waals surface area contributed by atoms with E-state index in [1.165, 1.54) is 4.90 Å². The minimum absolute atomic E-state index is 0.0300. The maximum absolute atomic E-state index is 13.3. The van der Waals surface area contributed by atoms with E-state index in [9.17, 15) is 14.7 Å². The zero-order valence-electron chi connectivity index (χ0n) is 20.3. The third-order valence-electron chi connectivity index (χ3n) is 5.94. The standard InChI is InChI=1S/C29H29NO5/c1-18(2)17-35-22-14-12-20(13-15-22)27(31)25-26(21-9-7-10-23(16-21)34-4)30(29(33)28(25)32)24-11-6-5-8-19(24)3/h5-16,18,26,31H,17H2,1-4H3/b27-25-. The number of amides is 1. The molecule has 1 fully saturated rings. The van der Waals surface area contributed by atoms with Crippen LogP contribution in [0.4, 0.5) is 5.69 Å². The van der Waals surface area contributed by atoms with Crippen molar-refractivity contribution in [3.05, 3.63) is 95.1 Å². The molecule has 0 saturated carbocycles. The first-order chi connectivity index (χ1) is 16.8. The Morgan fingerprint density at radius 1 is 0.971 bits per heavy atom. The molecule has 6 nitrogen and oxygen atoms in total. The first-order valence-corrected chi connectivity index (χ1v) is 11.6. The highest BCUT2D eigenvalue weighted by molar-refractivity contribution is 6.51. The molecule has 0 radical (unpaired) electrons. The number of anilines is 1. The van der Waals surface area contributed by atoms with Crippen molar-refractivity contribution in [2.45, 2.75) is 26.8 Å². The van der Waals surface area contributed by atoms with E-state index in [-0.39, 0.29) is 11.3 Å². The number of carbonyl (C=O) groups is 2. The highest BCUT2D eigenvalue weighted by Gasteiger charge is 2.47. The molecule has 1 atom stereocenters. The number of benzene rings is 3. The van der Waals surface area contributed by atoms with Crippen molar-refractivity contribution in [2.75, 3.05) is 18.6 Å². The van der Waals surface area contributed by atoms with Crippen LogP contribution >= 0.6 is 0 Å². The summed E-state index contributed by atoms with van der Waals surface area (Å²) >= 11 is 0. The van der Waals surface area contributed by atoms with Gasteiger partial charge in [-0.3, -0.25) is 14.5 Å². The van der Waals surface area contributed by atoms with Crippen molar-refractivity contribution in [3.63, 3.8) is 0 Å². The highest BCUT2D eigenvalue weighted by Crippen LogP contribution is 2.43. The third-order valence-corrected chi connectivity index (χ3v) is 5.94. The van der Waals surface area contributed by atoms with Crippen molar-refractivity contribution < 1.29 is 24.2 Å². The van der Waals surface area contributed by atoms with Gasteiger partial charge in [0.1, 0.15) is 17.3 Å². The second kappa shape index (κ2) is 10.1. The summed E-state index contributed by atoms with van der Waals surface area (Å²) in [5, 5.41) is 11.3. The van der Waals surface area contributed by atoms with Gasteiger partial charge in [-0.15, -0.1) is 0 Å². The molecule has 180 valence electrons. The van der Waals surface area contributed by atoms with Crippen LogP contribution in [0.3, 0.4) is 0 Å². The average Bonchev–Trinajstić information content (AvgIpc) is 3.13. The largest absolute Gasteiger partial charge is 0.507 e. The first kappa shape index (κ1) is 24.1. The van der Waals surface area contributed by atoms with Crippen LogP contribution in [0.2, 0.25) is 0 Å². The molecule has 1 N–H and O–H groups in total. The van der Waals surface area contributed by atoms with Gasteiger partial charge in [-0.2, -0.15) is 0 Å². The fourth-order valence-electron chi connectivity index (χ4n) is 4.17. The second-order valence-electron chi connectivity index (χ2n) is 8.96. The smallest absolute Gasteiger partial charge is 0.300 e. The van der Waals surface area contributed by atoms with Crippen LogP contribution in [-0.2, 0) is 9.59 Å². The van der Waals surface area contributed by atoms with Gasteiger partial charge in [0.2, 0.25) is 0 Å². The van der Waals surface area contributed by atoms with Crippen molar-refractivity contribution in [2.24, 2.45) is 5.92 Å². The van der Waals surface area contributed by atoms with Crippen LogP contribution in [0.1, 0.15) is 36.6 Å². The van der Waals surface area contributed by atoms with Gasteiger partial charge in [0.15, 0.2) is 0 Å². The van der Waals surface area contributed by atoms with Crippen LogP contribution in [-0.4, -0.2) is 30.5 Å². The minimum atomic E-state index is -0.817. The summed E-state index contributed by atoms with van der Waals surface area (Å²) in [5.74, 6) is -0.0280. The van der Waals surface area contributed by atoms with Crippen molar-refractivity contribution >= 4 is 23.1 Å². The van der Waals surface area contributed by atoms with Gasteiger partial charge in [0.05, 0.1) is 25.3 Å². The lowest BCUT2D eigenvalue weighted by molar-refractivity contribution is -0.132. The molecular weight excluding hydrogens is 442 g/mol. The Hall–Kier alpha value is -4.06. The number of hydrogen-bond donors (Lipinski definition) is 1. The van der Waals surface area contributed by atoms with E-state index in [0.717, 1.165) is 5.56 Å². The molecule has 1 unspecified atom stereocenters. The fourth-order valence-corrected chi connectivity index (χ4v) is 4.17. The predicted octanol–water partition coefficient (Wildman–Crippen LogP) is 5.66. The summed E-state index contributed by atoms with van der Waals surface area (Å²) < 4.78 is 11.1. The topological polar surface area (TPSA) is 76.1 Å². The summed E-state index contributed by atoms with van der Waals surface area (Å²) in [6.07, 6.45) is 0. The quantitative estimate of drug-likeness (QED) is 0.273. The van der Waals surface area contributed by atoms with E-state index >= 15 is 0 Å². The van der Waals surface area contributed by atoms with E-state index in [1.807, 2.05) is 31.2 Å². The Kier molecular flexibility index (Phi) is 6.92. The fraction of sp³-hybridized carbons (Fsp3) is 0.241. The van der Waals surface area contributed by atoms with Gasteiger partial charge in [0, 0.05) is 11.3 Å². The number of ketones is 1. The first-order valence-electron chi connectivity index (χ1n) is 11.6. The zero-order chi connectivity index (χ0) is 25.1. The number of aliphatic hydroxyl groups is 1. The number of rotatable bonds is 7. The van der Waals surface area contributed by atoms with Crippen molar-refractivity contribution in [1.29, 1.82) is 0 Å². The van der Waals surface area contributed by atoms with Gasteiger partial charge < -0.3 is 14.6 Å². The molecule has 3 aromatic rings. The van der Waals surface area contributed by atoms with E-state index < -0.39 is 17.7 Å². The number of carbonyl (C=O) groups excluding carboxylic acids is 2. The molecule has 1 saturated heterocycles. The molecule has 3 aromatic carbocycles. The molecule has 4 rings (SSSR count). The summed E-state index contributed by atoms with van der Waals surface area (Å²) in [7, 11) is 1.56. The Morgan fingerprint density at radius 2 is 1.69 bits per heavy atom. The number of methoxy groups -OCH3 is 1. The number of nitrogens with zero attached hydrogens (tertiary/aromatic N) is 1. The van der Waals surface area contributed by atoms with E-state index in [4.69, 9.17) is 9.47 Å². The Balaban J connectivity index is 1.85. The Labute approximate surface area is 205 Å². The number of ether oxygens (including phenoxy) is 2. The third kappa shape index (κ3) is 4.78. The van der Waals surface area contributed by atoms with Gasteiger partial charge in [-0.1, -0.05) is 44.2 Å². The van der Waals surface area contributed by atoms with Crippen LogP contribution in [0, 0.1) is 12.8 Å². The minimum Gasteiger partial charge on any atom is -0.507 e. The summed E-state index contributed by atoms with van der Waals surface area (Å²) in [4.78, 5) is 28.1. The van der Waals surface area contributed by atoms with Gasteiger partial charge in [-0.25, -0.2) is 0 Å². The normalized spacial score (nSPS) is 17.2. The average molecular weight is 472 g/mol. The molecule has 0 aromatic heterocycles. The molecule has 1 heterocycles. The van der Waals surface area contributed by atoms with E-state index in [0.29, 0.717) is 40.8 Å². The molecule has 0 spiro atoms. The molecule has 1 amide bonds. The number of aliphatic hydroxyl groups excluding tert-OH is 1. The molecule has 6 heteroatoms. The van der Waals surface area contributed by atoms with Gasteiger partial charge in [0.25, 0.3) is 11.7 Å². The second-order valence-corrected chi connectivity index (χ2v) is 8.96. The van der Waals surface area contributed by atoms with Gasteiger partial charge in [-0.05, 0) is 66.4 Å². The van der Waals surface area contributed by atoms with Crippen LogP contribution in [0.25, 0.3) is 5.76 Å². The molecule has 0 bridgehead atoms. The maximum atomic E-state index is 13.3. The molecule has 35 heavy (non-hydrogen) atoms. The maximum Gasteiger partial charge on any atom is 0.300 e. The number of aryl methyl sites for hydroxylation is 1. The lowest BCUT2D eigenvalue weighted by Gasteiger charge is -2.27. The number of para-hydroxylation sites is 1. The highest BCUT2D eigenvalue weighted by atomic mass is 16.5. The van der Waals surface area contributed by atoms with Crippen LogP contribution in [0.15, 0.2) is 78.4 Å². The van der Waals surface area contributed by atoms with E-state index in [1.54, 1.807) is 55.6 Å². The SMILES string of the molecule is COc1cccc(C2/C(=C(/O)c3ccc(OCC(C)C)cc3)C(=O)C(=O)N2c2ccccc2C)c1. The summed E-state index contributed by atoms with van der Waals surface area (Å²) in [6.45, 7) is 6.58. The van der Waals surface area contributed by atoms with Crippen LogP contribution < -0.4 is 14.4 Å². The Bertz CT molecular complexity index is 1280. The lowest BCUT2D eigenvalue weighted by atomic mass is 9.94. The van der Waals surface area contributed by atoms with Crippen LogP contribution in [0.5, 0.6) is 11.5 Å². The summed E-state index contributed by atoms with van der Waals surface area (Å²) in [5.41, 5.74) is 2.57. The monoisotopic (exact) mass is 471 g/mol. The number of Topliss-reactive ketones (excluding diaryl/α,β-unsaturated/α-hetero) is 1. The van der Waals surface area contributed by atoms with Gasteiger partial charge >= 0.3 is 0 Å². The predicted molar refractivity (Wildman–Crippen MR) is 136 cm³/mol. The lowest BCUT2D eigenvalue weighted by Crippen LogP contribution is -2.30. The molecule has 0 aliphatic carbocycles. The zero-order valence-corrected chi connectivity index (χ0v) is 20.3. The molecular formula is C29H29NO5. The molecule has 1 aliphatic heterocycles. The molecule has 1 aliphatic rings.